The number of alkyl halides is 1. The van der Waals surface area contributed by atoms with Crippen LogP contribution in [0.3, 0.4) is 0 Å². The number of rotatable bonds is 9. The van der Waals surface area contributed by atoms with Gasteiger partial charge in [0.05, 0.1) is 14.9 Å². The van der Waals surface area contributed by atoms with Gasteiger partial charge in [0.15, 0.2) is 11.0 Å². The maximum absolute atomic E-state index is 15.4. The first kappa shape index (κ1) is 24.4. The Morgan fingerprint density at radius 2 is 1.84 bits per heavy atom. The third kappa shape index (κ3) is 6.66. The lowest BCUT2D eigenvalue weighted by Gasteiger charge is -2.24. The summed E-state index contributed by atoms with van der Waals surface area (Å²) in [5.74, 6) is -4.24. The lowest BCUT2D eigenvalue weighted by Crippen LogP contribution is -2.42. The Kier molecular flexibility index (Phi) is 7.24. The molecule has 0 radical (unpaired) electrons. The summed E-state index contributed by atoms with van der Waals surface area (Å²) in [7, 11) is -18.1. The Morgan fingerprint density at radius 3 is 2.38 bits per heavy atom. The van der Waals surface area contributed by atoms with Gasteiger partial charge in [0.2, 0.25) is 0 Å². The number of aliphatic hydroxyl groups is 3. The Hall–Kier alpha value is -0.720. The normalized spacial score (nSPS) is 31.4. The van der Waals surface area contributed by atoms with Crippen molar-refractivity contribution >= 4 is 35.7 Å². The summed E-state index contributed by atoms with van der Waals surface area (Å²) in [5.41, 5.74) is -1.27. The maximum Gasteiger partial charge on any atom is 0.490 e. The summed E-state index contributed by atoms with van der Waals surface area (Å²) in [6.45, 7) is -5.16. The smallest absolute Gasteiger partial charge is 0.391 e. The van der Waals surface area contributed by atoms with Crippen LogP contribution in [0.4, 0.5) is 4.39 Å². The van der Waals surface area contributed by atoms with Gasteiger partial charge in [0.25, 0.3) is 11.4 Å². The highest BCUT2D eigenvalue weighted by Crippen LogP contribution is 2.66. The molecular formula is C10H16FN2O15P3S. The van der Waals surface area contributed by atoms with Crippen molar-refractivity contribution < 1.29 is 73.6 Å². The van der Waals surface area contributed by atoms with Gasteiger partial charge in [-0.1, -0.05) is 0 Å². The van der Waals surface area contributed by atoms with Crippen molar-refractivity contribution in [2.75, 3.05) is 6.56 Å². The fourth-order valence-electron chi connectivity index (χ4n) is 2.24. The second-order valence-electron chi connectivity index (χ2n) is 5.85. The maximum atomic E-state index is 15.4. The standard InChI is InChI=1S/C10H16FN2O15P3S/c11-10(3-25-30(21,22)28-31(23,24)27-29(18,19)20)6(16)5(15)8(26-10)13-1-4(2-14)7(17)12-9(13)32/h1,5-6,8,14-16H,2-3H2,(H,21,22)(H,23,24)(H,12,17,32)(H2,18,19,20)/t5-,6+,8-,10-/m1/s1/i3D2. The number of nitrogens with one attached hydrogen (secondary N) is 1. The molecule has 0 bridgehead atoms. The number of aromatic amines is 1. The van der Waals surface area contributed by atoms with Crippen molar-refractivity contribution in [1.82, 2.24) is 9.55 Å². The molecule has 6 atom stereocenters. The third-order valence-electron chi connectivity index (χ3n) is 3.49. The fourth-order valence-corrected chi connectivity index (χ4v) is 5.37. The van der Waals surface area contributed by atoms with Gasteiger partial charge in [0.1, 0.15) is 18.8 Å². The van der Waals surface area contributed by atoms with Crippen LogP contribution in [-0.2, 0) is 38.2 Å². The van der Waals surface area contributed by atoms with Crippen LogP contribution in [0.15, 0.2) is 11.0 Å². The minimum Gasteiger partial charge on any atom is -0.391 e. The minimum atomic E-state index is -6.26. The Morgan fingerprint density at radius 1 is 1.25 bits per heavy atom. The zero-order valence-corrected chi connectivity index (χ0v) is 18.5. The van der Waals surface area contributed by atoms with Gasteiger partial charge >= 0.3 is 23.5 Å². The van der Waals surface area contributed by atoms with Crippen LogP contribution in [0.2, 0.25) is 0 Å². The predicted molar refractivity (Wildman–Crippen MR) is 97.6 cm³/mol. The van der Waals surface area contributed by atoms with Gasteiger partial charge in [-0.05, 0) is 12.2 Å². The van der Waals surface area contributed by atoms with E-state index in [1.54, 1.807) is 0 Å². The van der Waals surface area contributed by atoms with E-state index in [1.165, 1.54) is 0 Å². The molecule has 2 heterocycles. The first-order valence-corrected chi connectivity index (χ1v) is 12.6. The molecule has 0 aliphatic carbocycles. The Labute approximate surface area is 183 Å². The first-order valence-electron chi connectivity index (χ1n) is 8.67. The van der Waals surface area contributed by atoms with Gasteiger partial charge in [-0.15, -0.1) is 0 Å². The summed E-state index contributed by atoms with van der Waals surface area (Å²) in [6.07, 6.45) is -6.67. The number of ether oxygens (including phenoxy) is 1. The first-order chi connectivity index (χ1) is 15.1. The van der Waals surface area contributed by atoms with Crippen molar-refractivity contribution in [3.63, 3.8) is 0 Å². The number of halogens is 1. The molecule has 1 saturated heterocycles. The Bertz CT molecular complexity index is 1210. The summed E-state index contributed by atoms with van der Waals surface area (Å²) in [6, 6.07) is 0. The number of nitrogens with zero attached hydrogens (tertiary/aromatic N) is 1. The van der Waals surface area contributed by atoms with E-state index in [1.807, 2.05) is 4.98 Å². The van der Waals surface area contributed by atoms with E-state index in [9.17, 15) is 33.6 Å². The average molecular weight is 550 g/mol. The average Bonchev–Trinajstić information content (AvgIpc) is 2.83. The van der Waals surface area contributed by atoms with E-state index in [0.717, 1.165) is 6.20 Å². The van der Waals surface area contributed by atoms with E-state index in [2.05, 4.69) is 17.9 Å². The molecule has 0 spiro atoms. The van der Waals surface area contributed by atoms with E-state index in [0.29, 0.717) is 4.57 Å². The van der Waals surface area contributed by atoms with E-state index in [-0.39, 0.29) is 5.56 Å². The molecule has 17 nitrogen and oxygen atoms in total. The summed E-state index contributed by atoms with van der Waals surface area (Å²) >= 11 is 4.80. The lowest BCUT2D eigenvalue weighted by molar-refractivity contribution is -0.204. The summed E-state index contributed by atoms with van der Waals surface area (Å²) < 4.78 is 79.7. The molecule has 1 aromatic rings. The summed E-state index contributed by atoms with van der Waals surface area (Å²) in [5, 5.41) is 29.4. The van der Waals surface area contributed by atoms with Crippen molar-refractivity contribution in [3.05, 3.63) is 26.9 Å². The number of aliphatic hydroxyl groups excluding tert-OH is 3. The molecular weight excluding hydrogens is 532 g/mol. The summed E-state index contributed by atoms with van der Waals surface area (Å²) in [4.78, 5) is 49.2. The molecule has 22 heteroatoms. The van der Waals surface area contributed by atoms with Crippen molar-refractivity contribution in [1.29, 1.82) is 0 Å². The van der Waals surface area contributed by atoms with E-state index in [4.69, 9.17) is 34.7 Å². The molecule has 0 aromatic carbocycles. The molecule has 1 aromatic heterocycles. The van der Waals surface area contributed by atoms with Crippen LogP contribution in [-0.4, -0.2) is 69.1 Å². The van der Waals surface area contributed by atoms with Crippen LogP contribution in [0, 0.1) is 4.77 Å². The molecule has 32 heavy (non-hydrogen) atoms. The lowest BCUT2D eigenvalue weighted by atomic mass is 10.1. The van der Waals surface area contributed by atoms with E-state index >= 15 is 4.39 Å². The number of phosphoric ester groups is 1. The number of hydrogen-bond acceptors (Lipinski definition) is 12. The van der Waals surface area contributed by atoms with Crippen LogP contribution in [0.25, 0.3) is 0 Å². The Balaban J connectivity index is 2.38. The molecule has 8 N–H and O–H groups in total. The van der Waals surface area contributed by atoms with E-state index < -0.39 is 71.3 Å². The minimum absolute atomic E-state index is 0.383. The number of H-pyrrole nitrogens is 1. The van der Waals surface area contributed by atoms with Gasteiger partial charge < -0.3 is 39.6 Å². The molecule has 2 rings (SSSR count). The van der Waals surface area contributed by atoms with Crippen LogP contribution >= 0.6 is 35.7 Å². The van der Waals surface area contributed by atoms with Gasteiger partial charge in [0, 0.05) is 6.20 Å². The van der Waals surface area contributed by atoms with Crippen LogP contribution in [0.5, 0.6) is 0 Å². The molecule has 1 fully saturated rings. The second-order valence-corrected chi connectivity index (χ2v) is 10.6. The monoisotopic (exact) mass is 550 g/mol. The zero-order chi connectivity index (χ0) is 26.5. The highest BCUT2D eigenvalue weighted by Gasteiger charge is 2.57. The molecule has 1 aliphatic rings. The second kappa shape index (κ2) is 9.50. The molecule has 184 valence electrons. The molecule has 2 unspecified atom stereocenters. The van der Waals surface area contributed by atoms with Crippen molar-refractivity contribution in [2.45, 2.75) is 30.9 Å². The van der Waals surface area contributed by atoms with Crippen LogP contribution < -0.4 is 5.56 Å². The number of hydrogen-bond donors (Lipinski definition) is 8. The topological polar surface area (TPSA) is 268 Å². The van der Waals surface area contributed by atoms with Gasteiger partial charge in [-0.3, -0.25) is 18.9 Å². The SMILES string of the molecule is [2H]C([2H])(OP(=O)(O)OP(=O)(O)OP(=O)(O)O)[C@@]1(F)O[C@@H](n2cc(CO)c(=O)[nH]c2=S)[C@H](O)[C@@H]1O. The number of phosphoric acid groups is 3. The largest absolute Gasteiger partial charge is 0.490 e. The van der Waals surface area contributed by atoms with Crippen molar-refractivity contribution in [3.8, 4) is 0 Å². The molecule has 0 amide bonds. The number of aromatic nitrogens is 2. The fraction of sp³-hybridized carbons (Fsp3) is 0.600. The third-order valence-corrected chi connectivity index (χ3v) is 7.45. The molecule has 0 saturated carbocycles. The van der Waals surface area contributed by atoms with Crippen molar-refractivity contribution in [2.24, 2.45) is 0 Å². The molecule has 1 aliphatic heterocycles. The zero-order valence-electron chi connectivity index (χ0n) is 17.0. The van der Waals surface area contributed by atoms with Gasteiger partial charge in [-0.2, -0.15) is 8.62 Å². The highest BCUT2D eigenvalue weighted by molar-refractivity contribution is 7.71. The predicted octanol–water partition coefficient (Wildman–Crippen LogP) is -1.34. The van der Waals surface area contributed by atoms with Gasteiger partial charge in [-0.25, -0.2) is 18.1 Å². The quantitative estimate of drug-likeness (QED) is 0.131. The highest BCUT2D eigenvalue weighted by atomic mass is 32.1. The van der Waals surface area contributed by atoms with Crippen LogP contribution in [0.1, 0.15) is 14.5 Å².